The van der Waals surface area contributed by atoms with Crippen molar-refractivity contribution in [2.24, 2.45) is 0 Å². The SMILES string of the molecule is Bc1ccc(-c2nc(-c3ccc(-c4ccccc4)cc3)nc(-c3ccc(-c4ccccc4)cc3)n2)c(C(C)C)c1. The van der Waals surface area contributed by atoms with Crippen LogP contribution in [0.2, 0.25) is 0 Å². The molecule has 1 aromatic heterocycles. The molecule has 0 aliphatic rings. The molecule has 0 atom stereocenters. The second-order valence-electron chi connectivity index (χ2n) is 10.4. The van der Waals surface area contributed by atoms with Gasteiger partial charge in [0.2, 0.25) is 0 Å². The minimum atomic E-state index is 0.342. The van der Waals surface area contributed by atoms with Gasteiger partial charge < -0.3 is 0 Å². The molecule has 0 amide bonds. The first kappa shape index (κ1) is 25.5. The van der Waals surface area contributed by atoms with Crippen molar-refractivity contribution in [1.82, 2.24) is 15.0 Å². The lowest BCUT2D eigenvalue weighted by molar-refractivity contribution is 0.867. The third kappa shape index (κ3) is 5.34. The number of benzene rings is 5. The largest absolute Gasteiger partial charge is 0.208 e. The van der Waals surface area contributed by atoms with Crippen molar-refractivity contribution in [2.75, 3.05) is 0 Å². The second kappa shape index (κ2) is 11.1. The standard InChI is InChI=1S/C36H30BN3/c1-24(2)33-23-31(37)21-22-32(33)36-39-34(29-17-13-27(14-18-29)25-9-5-3-6-10-25)38-35(40-36)30-19-15-28(16-20-30)26-11-7-4-8-12-26/h3-24H,37H2,1-2H3. The molecular weight excluding hydrogens is 485 g/mol. The van der Waals surface area contributed by atoms with E-state index in [0.717, 1.165) is 27.8 Å². The van der Waals surface area contributed by atoms with Gasteiger partial charge in [-0.05, 0) is 33.7 Å². The van der Waals surface area contributed by atoms with Crippen molar-refractivity contribution in [1.29, 1.82) is 0 Å². The highest BCUT2D eigenvalue weighted by Gasteiger charge is 2.16. The Hall–Kier alpha value is -4.83. The Morgan fingerprint density at radius 1 is 0.450 bits per heavy atom. The van der Waals surface area contributed by atoms with Crippen LogP contribution in [-0.4, -0.2) is 22.8 Å². The van der Waals surface area contributed by atoms with E-state index >= 15 is 0 Å². The molecule has 1 heterocycles. The zero-order chi connectivity index (χ0) is 27.5. The Balaban J connectivity index is 1.46. The van der Waals surface area contributed by atoms with E-state index in [1.807, 2.05) is 12.1 Å². The quantitative estimate of drug-likeness (QED) is 0.215. The summed E-state index contributed by atoms with van der Waals surface area (Å²) < 4.78 is 0. The molecule has 6 aromatic rings. The van der Waals surface area contributed by atoms with Gasteiger partial charge in [0.05, 0.1) is 0 Å². The predicted molar refractivity (Wildman–Crippen MR) is 169 cm³/mol. The third-order valence-electron chi connectivity index (χ3n) is 7.21. The van der Waals surface area contributed by atoms with Crippen molar-refractivity contribution in [2.45, 2.75) is 19.8 Å². The van der Waals surface area contributed by atoms with Crippen LogP contribution in [0.3, 0.4) is 0 Å². The first-order valence-corrected chi connectivity index (χ1v) is 13.7. The van der Waals surface area contributed by atoms with Crippen LogP contribution >= 0.6 is 0 Å². The second-order valence-corrected chi connectivity index (χ2v) is 10.4. The Labute approximate surface area is 237 Å². The number of hydrogen-bond donors (Lipinski definition) is 0. The summed E-state index contributed by atoms with van der Waals surface area (Å²) in [5.74, 6) is 2.38. The van der Waals surface area contributed by atoms with Crippen LogP contribution in [0, 0.1) is 0 Å². The summed E-state index contributed by atoms with van der Waals surface area (Å²) in [7, 11) is 2.13. The highest BCUT2D eigenvalue weighted by atomic mass is 15.0. The van der Waals surface area contributed by atoms with Gasteiger partial charge in [0.1, 0.15) is 7.85 Å². The minimum Gasteiger partial charge on any atom is -0.208 e. The molecule has 0 N–H and O–H groups in total. The zero-order valence-electron chi connectivity index (χ0n) is 23.0. The molecule has 0 bridgehead atoms. The van der Waals surface area contributed by atoms with Gasteiger partial charge in [-0.15, -0.1) is 0 Å². The van der Waals surface area contributed by atoms with Gasteiger partial charge in [0.15, 0.2) is 17.5 Å². The molecule has 0 radical (unpaired) electrons. The van der Waals surface area contributed by atoms with Crippen LogP contribution in [0.5, 0.6) is 0 Å². The molecular formula is C36H30BN3. The van der Waals surface area contributed by atoms with Crippen LogP contribution in [0.15, 0.2) is 127 Å². The van der Waals surface area contributed by atoms with Crippen molar-refractivity contribution < 1.29 is 0 Å². The summed E-state index contributed by atoms with van der Waals surface area (Å²) in [5.41, 5.74) is 10.1. The third-order valence-corrected chi connectivity index (χ3v) is 7.21. The summed E-state index contributed by atoms with van der Waals surface area (Å²) in [6.45, 7) is 4.43. The molecule has 0 aliphatic carbocycles. The maximum Gasteiger partial charge on any atom is 0.164 e. The smallest absolute Gasteiger partial charge is 0.164 e. The van der Waals surface area contributed by atoms with Crippen LogP contribution in [-0.2, 0) is 0 Å². The van der Waals surface area contributed by atoms with E-state index in [9.17, 15) is 0 Å². The summed E-state index contributed by atoms with van der Waals surface area (Å²) in [5, 5.41) is 0. The minimum absolute atomic E-state index is 0.342. The number of aromatic nitrogens is 3. The Morgan fingerprint density at radius 2 is 0.850 bits per heavy atom. The van der Waals surface area contributed by atoms with E-state index in [4.69, 9.17) is 15.0 Å². The number of hydrogen-bond acceptors (Lipinski definition) is 3. The van der Waals surface area contributed by atoms with Gasteiger partial charge in [0.25, 0.3) is 0 Å². The van der Waals surface area contributed by atoms with Crippen LogP contribution in [0.25, 0.3) is 56.4 Å². The zero-order valence-corrected chi connectivity index (χ0v) is 23.0. The summed E-state index contributed by atoms with van der Waals surface area (Å²) >= 11 is 0. The molecule has 4 heteroatoms. The molecule has 0 aliphatic heterocycles. The van der Waals surface area contributed by atoms with E-state index in [2.05, 4.69) is 137 Å². The van der Waals surface area contributed by atoms with E-state index < -0.39 is 0 Å². The lowest BCUT2D eigenvalue weighted by Crippen LogP contribution is -2.08. The molecule has 0 fully saturated rings. The molecule has 40 heavy (non-hydrogen) atoms. The van der Waals surface area contributed by atoms with Gasteiger partial charge in [-0.3, -0.25) is 0 Å². The van der Waals surface area contributed by atoms with Crippen LogP contribution in [0.4, 0.5) is 0 Å². The van der Waals surface area contributed by atoms with Gasteiger partial charge in [-0.1, -0.05) is 147 Å². The lowest BCUT2D eigenvalue weighted by atomic mass is 9.88. The van der Waals surface area contributed by atoms with E-state index in [0.29, 0.717) is 23.4 Å². The van der Waals surface area contributed by atoms with E-state index in [1.54, 1.807) is 0 Å². The maximum atomic E-state index is 5.02. The average Bonchev–Trinajstić information content (AvgIpc) is 3.02. The predicted octanol–water partition coefficient (Wildman–Crippen LogP) is 7.59. The molecule has 0 saturated carbocycles. The number of nitrogens with zero attached hydrogens (tertiary/aromatic N) is 3. The van der Waals surface area contributed by atoms with Gasteiger partial charge in [-0.2, -0.15) is 0 Å². The summed E-state index contributed by atoms with van der Waals surface area (Å²) in [6, 6.07) is 44.3. The average molecular weight is 515 g/mol. The van der Waals surface area contributed by atoms with Crippen molar-refractivity contribution in [3.05, 3.63) is 133 Å². The van der Waals surface area contributed by atoms with Gasteiger partial charge >= 0.3 is 0 Å². The van der Waals surface area contributed by atoms with Crippen LogP contribution < -0.4 is 5.46 Å². The molecule has 5 aromatic carbocycles. The topological polar surface area (TPSA) is 38.7 Å². The first-order valence-electron chi connectivity index (χ1n) is 13.7. The Morgan fingerprint density at radius 3 is 1.30 bits per heavy atom. The summed E-state index contributed by atoms with van der Waals surface area (Å²) in [4.78, 5) is 15.0. The molecule has 0 saturated heterocycles. The van der Waals surface area contributed by atoms with Gasteiger partial charge in [0, 0.05) is 16.7 Å². The number of rotatable bonds is 6. The summed E-state index contributed by atoms with van der Waals surface area (Å²) in [6.07, 6.45) is 0. The monoisotopic (exact) mass is 515 g/mol. The lowest BCUT2D eigenvalue weighted by Gasteiger charge is -2.15. The van der Waals surface area contributed by atoms with Crippen molar-refractivity contribution in [3.8, 4) is 56.4 Å². The normalized spacial score (nSPS) is 11.1. The fourth-order valence-corrected chi connectivity index (χ4v) is 5.00. The molecule has 0 spiro atoms. The fraction of sp³-hybridized carbons (Fsp3) is 0.0833. The first-order chi connectivity index (χ1) is 19.5. The molecule has 192 valence electrons. The van der Waals surface area contributed by atoms with Gasteiger partial charge in [-0.25, -0.2) is 15.0 Å². The van der Waals surface area contributed by atoms with E-state index in [1.165, 1.54) is 22.2 Å². The molecule has 0 unspecified atom stereocenters. The Bertz CT molecular complexity index is 1640. The maximum absolute atomic E-state index is 5.02. The van der Waals surface area contributed by atoms with Crippen LogP contribution in [0.1, 0.15) is 25.3 Å². The molecule has 6 rings (SSSR count). The fourth-order valence-electron chi connectivity index (χ4n) is 5.00. The Kier molecular flexibility index (Phi) is 7.07. The van der Waals surface area contributed by atoms with Crippen molar-refractivity contribution in [3.63, 3.8) is 0 Å². The highest BCUT2D eigenvalue weighted by Crippen LogP contribution is 2.31. The van der Waals surface area contributed by atoms with E-state index in [-0.39, 0.29) is 0 Å². The van der Waals surface area contributed by atoms with Crippen molar-refractivity contribution >= 4 is 13.3 Å². The molecule has 3 nitrogen and oxygen atoms in total. The highest BCUT2D eigenvalue weighted by molar-refractivity contribution is 6.32.